The first-order valence-electron chi connectivity index (χ1n) is 9.71. The number of hydrogen-bond donors (Lipinski definition) is 1. The average Bonchev–Trinajstić information content (AvgIpc) is 3.31. The molecule has 2 aromatic heterocycles. The second-order valence-electron chi connectivity index (χ2n) is 6.85. The largest absolute Gasteiger partial charge is 0.473 e. The van der Waals surface area contributed by atoms with Crippen molar-refractivity contribution in [1.82, 2.24) is 5.32 Å². The van der Waals surface area contributed by atoms with Crippen molar-refractivity contribution in [2.24, 2.45) is 0 Å². The molecule has 1 N–H and O–H groups in total. The van der Waals surface area contributed by atoms with Gasteiger partial charge in [-0.15, -0.1) is 0 Å². The number of carbonyl (C=O) groups excluding carboxylic acids is 1. The van der Waals surface area contributed by atoms with Crippen molar-refractivity contribution in [2.45, 2.75) is 19.4 Å². The highest BCUT2D eigenvalue weighted by Gasteiger charge is 2.24. The molecule has 2 heterocycles. The van der Waals surface area contributed by atoms with Crippen LogP contribution in [0.25, 0.3) is 22.5 Å². The molecule has 0 radical (unpaired) electrons. The minimum Gasteiger partial charge on any atom is -0.473 e. The zero-order valence-electron chi connectivity index (χ0n) is 16.5. The fraction of sp³-hybridized carbons (Fsp3) is 0.167. The molecule has 1 amide bonds. The van der Waals surface area contributed by atoms with Crippen LogP contribution in [-0.2, 0) is 11.2 Å². The molecule has 30 heavy (non-hydrogen) atoms. The van der Waals surface area contributed by atoms with Gasteiger partial charge in [-0.1, -0.05) is 42.5 Å². The van der Waals surface area contributed by atoms with Crippen molar-refractivity contribution in [1.29, 1.82) is 0 Å². The van der Waals surface area contributed by atoms with Crippen LogP contribution in [0.4, 0.5) is 0 Å². The van der Waals surface area contributed by atoms with Crippen molar-refractivity contribution in [3.63, 3.8) is 0 Å². The highest BCUT2D eigenvalue weighted by atomic mass is 16.5. The maximum atomic E-state index is 13.0. The first kappa shape index (κ1) is 19.5. The van der Waals surface area contributed by atoms with Gasteiger partial charge in [0.1, 0.15) is 5.58 Å². The number of furan rings is 1. The summed E-state index contributed by atoms with van der Waals surface area (Å²) in [5, 5.41) is 3.22. The van der Waals surface area contributed by atoms with Crippen molar-refractivity contribution in [3.8, 4) is 17.3 Å². The highest BCUT2D eigenvalue weighted by Crippen LogP contribution is 2.31. The van der Waals surface area contributed by atoms with Gasteiger partial charge in [-0.2, -0.15) is 0 Å². The molecule has 0 aliphatic heterocycles. The van der Waals surface area contributed by atoms with Crippen molar-refractivity contribution < 1.29 is 18.4 Å². The van der Waals surface area contributed by atoms with E-state index < -0.39 is 6.10 Å². The first-order chi connectivity index (χ1) is 14.6. The van der Waals surface area contributed by atoms with Gasteiger partial charge in [-0.05, 0) is 43.2 Å². The van der Waals surface area contributed by atoms with E-state index in [1.807, 2.05) is 30.3 Å². The molecule has 0 aliphatic carbocycles. The Labute approximate surface area is 173 Å². The average molecular weight is 403 g/mol. The van der Waals surface area contributed by atoms with E-state index in [1.54, 1.807) is 43.3 Å². The van der Waals surface area contributed by atoms with E-state index in [9.17, 15) is 9.59 Å². The molecule has 4 rings (SSSR count). The smallest absolute Gasteiger partial charge is 0.260 e. The van der Waals surface area contributed by atoms with Gasteiger partial charge in [0.25, 0.3) is 5.91 Å². The van der Waals surface area contributed by atoms with Gasteiger partial charge in [0, 0.05) is 6.54 Å². The van der Waals surface area contributed by atoms with E-state index in [0.717, 1.165) is 5.56 Å². The molecular formula is C24H21NO5. The van der Waals surface area contributed by atoms with Gasteiger partial charge < -0.3 is 18.9 Å². The molecule has 0 saturated heterocycles. The maximum absolute atomic E-state index is 13.0. The summed E-state index contributed by atoms with van der Waals surface area (Å²) >= 11 is 0. The van der Waals surface area contributed by atoms with Crippen LogP contribution in [0.15, 0.2) is 86.6 Å². The van der Waals surface area contributed by atoms with Gasteiger partial charge in [0.2, 0.25) is 16.9 Å². The van der Waals surface area contributed by atoms with E-state index in [2.05, 4.69) is 5.32 Å². The third kappa shape index (κ3) is 4.12. The predicted molar refractivity (Wildman–Crippen MR) is 113 cm³/mol. The standard InChI is InChI=1S/C24H21NO5/c1-16(24(27)25-14-13-17-8-3-2-4-9-17)29-23-21(26)18-10-5-6-11-19(18)30-22(23)20-12-7-15-28-20/h2-12,15-16H,13-14H2,1H3,(H,25,27). The topological polar surface area (TPSA) is 81.7 Å². The summed E-state index contributed by atoms with van der Waals surface area (Å²) in [5.41, 5.74) is 1.19. The number of fused-ring (bicyclic) bond motifs is 1. The SMILES string of the molecule is CC(Oc1c(-c2ccco2)oc2ccccc2c1=O)C(=O)NCCc1ccccc1. The number of carbonyl (C=O) groups is 1. The third-order valence-electron chi connectivity index (χ3n) is 4.72. The van der Waals surface area contributed by atoms with E-state index in [4.69, 9.17) is 13.6 Å². The van der Waals surface area contributed by atoms with Crippen LogP contribution < -0.4 is 15.5 Å². The Hall–Kier alpha value is -3.80. The van der Waals surface area contributed by atoms with Crippen LogP contribution >= 0.6 is 0 Å². The van der Waals surface area contributed by atoms with Crippen LogP contribution in [0.3, 0.4) is 0 Å². The second kappa shape index (κ2) is 8.69. The zero-order valence-corrected chi connectivity index (χ0v) is 16.5. The van der Waals surface area contributed by atoms with E-state index in [-0.39, 0.29) is 22.8 Å². The van der Waals surface area contributed by atoms with E-state index >= 15 is 0 Å². The summed E-state index contributed by atoms with van der Waals surface area (Å²) in [6.07, 6.45) is 1.29. The summed E-state index contributed by atoms with van der Waals surface area (Å²) in [7, 11) is 0. The predicted octanol–water partition coefficient (Wildman–Crippen LogP) is 4.18. The van der Waals surface area contributed by atoms with Crippen LogP contribution in [0.1, 0.15) is 12.5 Å². The molecule has 0 fully saturated rings. The lowest BCUT2D eigenvalue weighted by Gasteiger charge is -2.16. The summed E-state index contributed by atoms with van der Waals surface area (Å²) < 4.78 is 17.1. The molecule has 4 aromatic rings. The zero-order chi connectivity index (χ0) is 20.9. The molecule has 0 aliphatic rings. The minimum absolute atomic E-state index is 0.0469. The monoisotopic (exact) mass is 403 g/mol. The van der Waals surface area contributed by atoms with Crippen molar-refractivity contribution >= 4 is 16.9 Å². The molecule has 1 unspecified atom stereocenters. The van der Waals surface area contributed by atoms with Crippen molar-refractivity contribution in [2.75, 3.05) is 6.54 Å². The lowest BCUT2D eigenvalue weighted by Crippen LogP contribution is -2.38. The Bertz CT molecular complexity index is 1200. The fourth-order valence-electron chi connectivity index (χ4n) is 3.15. The summed E-state index contributed by atoms with van der Waals surface area (Å²) in [6.45, 7) is 2.06. The van der Waals surface area contributed by atoms with Crippen LogP contribution in [0.2, 0.25) is 0 Å². The van der Waals surface area contributed by atoms with Crippen LogP contribution in [0.5, 0.6) is 5.75 Å². The summed E-state index contributed by atoms with van der Waals surface area (Å²) in [4.78, 5) is 25.6. The first-order valence-corrected chi connectivity index (χ1v) is 9.71. The number of hydrogen-bond acceptors (Lipinski definition) is 5. The number of rotatable bonds is 7. The Balaban J connectivity index is 1.55. The number of amides is 1. The normalized spacial score (nSPS) is 11.9. The number of ether oxygens (including phenoxy) is 1. The summed E-state index contributed by atoms with van der Waals surface area (Å²) in [6, 6.07) is 20.1. The van der Waals surface area contributed by atoms with Crippen LogP contribution in [0, 0.1) is 0 Å². The number of para-hydroxylation sites is 1. The van der Waals surface area contributed by atoms with E-state index in [1.165, 1.54) is 6.26 Å². The molecule has 6 heteroatoms. The number of benzene rings is 2. The van der Waals surface area contributed by atoms with Crippen molar-refractivity contribution in [3.05, 3.63) is 88.8 Å². The van der Waals surface area contributed by atoms with Gasteiger partial charge in [0.15, 0.2) is 11.9 Å². The Morgan fingerprint density at radius 3 is 2.57 bits per heavy atom. The molecule has 1 atom stereocenters. The second-order valence-corrected chi connectivity index (χ2v) is 6.85. The molecule has 0 saturated carbocycles. The summed E-state index contributed by atoms with van der Waals surface area (Å²) in [5.74, 6) is 0.149. The van der Waals surface area contributed by atoms with Gasteiger partial charge >= 0.3 is 0 Å². The molecule has 0 spiro atoms. The van der Waals surface area contributed by atoms with E-state index in [0.29, 0.717) is 29.7 Å². The number of nitrogens with one attached hydrogen (secondary N) is 1. The lowest BCUT2D eigenvalue weighted by molar-refractivity contribution is -0.127. The Morgan fingerprint density at radius 1 is 1.03 bits per heavy atom. The van der Waals surface area contributed by atoms with Crippen LogP contribution in [-0.4, -0.2) is 18.6 Å². The lowest BCUT2D eigenvalue weighted by atomic mass is 10.1. The third-order valence-corrected chi connectivity index (χ3v) is 4.72. The fourth-order valence-corrected chi connectivity index (χ4v) is 3.15. The molecular weight excluding hydrogens is 382 g/mol. The molecule has 2 aromatic carbocycles. The maximum Gasteiger partial charge on any atom is 0.260 e. The molecule has 6 nitrogen and oxygen atoms in total. The van der Waals surface area contributed by atoms with Gasteiger partial charge in [-0.3, -0.25) is 9.59 Å². The van der Waals surface area contributed by atoms with Gasteiger partial charge in [-0.25, -0.2) is 0 Å². The quantitative estimate of drug-likeness (QED) is 0.501. The molecule has 152 valence electrons. The minimum atomic E-state index is -0.890. The Morgan fingerprint density at radius 2 is 1.80 bits per heavy atom. The highest BCUT2D eigenvalue weighted by molar-refractivity contribution is 5.83. The Kier molecular flexibility index (Phi) is 5.66. The van der Waals surface area contributed by atoms with Gasteiger partial charge in [0.05, 0.1) is 11.6 Å². The molecule has 0 bridgehead atoms.